The van der Waals surface area contributed by atoms with E-state index in [9.17, 15) is 8.42 Å². The first-order chi connectivity index (χ1) is 11.9. The first-order valence-corrected chi connectivity index (χ1v) is 11.9. The Labute approximate surface area is 177 Å². The van der Waals surface area contributed by atoms with Gasteiger partial charge in [0.05, 0.1) is 12.3 Å². The van der Waals surface area contributed by atoms with Crippen LogP contribution in [-0.4, -0.2) is 69.5 Å². The second kappa shape index (κ2) is 14.0. The fourth-order valence-electron chi connectivity index (χ4n) is 3.14. The minimum absolute atomic E-state index is 0. The van der Waals surface area contributed by atoms with Gasteiger partial charge in [-0.3, -0.25) is 9.89 Å². The summed E-state index contributed by atoms with van der Waals surface area (Å²) >= 11 is 0. The molecule has 0 amide bonds. The van der Waals surface area contributed by atoms with Crippen LogP contribution in [0.4, 0.5) is 0 Å². The number of piperidine rings is 1. The summed E-state index contributed by atoms with van der Waals surface area (Å²) in [5.74, 6) is 0.998. The Bertz CT molecular complexity index is 499. The lowest BCUT2D eigenvalue weighted by atomic mass is 10.0. The van der Waals surface area contributed by atoms with Crippen molar-refractivity contribution in [1.29, 1.82) is 0 Å². The fraction of sp³-hybridized carbons (Fsp3) is 0.944. The van der Waals surface area contributed by atoms with E-state index in [1.54, 1.807) is 0 Å². The molecule has 0 spiro atoms. The lowest BCUT2D eigenvalue weighted by Crippen LogP contribution is -2.45. The van der Waals surface area contributed by atoms with Crippen molar-refractivity contribution in [2.75, 3.05) is 38.2 Å². The predicted octanol–water partition coefficient (Wildman–Crippen LogP) is 2.64. The van der Waals surface area contributed by atoms with Crippen molar-refractivity contribution in [3.05, 3.63) is 0 Å². The number of likely N-dealkylation sites (tertiary alicyclic amines) is 1. The number of nitrogens with one attached hydrogen (secondary N) is 2. The van der Waals surface area contributed by atoms with Gasteiger partial charge in [-0.15, -0.1) is 24.0 Å². The second-order valence-corrected chi connectivity index (χ2v) is 9.48. The molecule has 2 atom stereocenters. The first-order valence-electron chi connectivity index (χ1n) is 9.82. The van der Waals surface area contributed by atoms with Crippen molar-refractivity contribution in [2.24, 2.45) is 4.99 Å². The zero-order valence-corrected chi connectivity index (χ0v) is 20.1. The van der Waals surface area contributed by atoms with E-state index in [0.717, 1.165) is 19.0 Å². The summed E-state index contributed by atoms with van der Waals surface area (Å²) in [5.41, 5.74) is 0. The van der Waals surface area contributed by atoms with Crippen LogP contribution in [-0.2, 0) is 9.84 Å². The van der Waals surface area contributed by atoms with E-state index in [2.05, 4.69) is 22.5 Å². The number of guanidine groups is 1. The van der Waals surface area contributed by atoms with Crippen LogP contribution < -0.4 is 10.6 Å². The highest BCUT2D eigenvalue weighted by atomic mass is 127. The van der Waals surface area contributed by atoms with Crippen LogP contribution in [0.2, 0.25) is 0 Å². The molecule has 26 heavy (non-hydrogen) atoms. The van der Waals surface area contributed by atoms with Gasteiger partial charge in [-0.1, -0.05) is 19.8 Å². The van der Waals surface area contributed by atoms with Crippen LogP contribution in [0.5, 0.6) is 0 Å². The van der Waals surface area contributed by atoms with E-state index in [0.29, 0.717) is 12.5 Å². The molecule has 1 aliphatic rings. The molecule has 0 aromatic rings. The topological polar surface area (TPSA) is 73.8 Å². The smallest absolute Gasteiger partial charge is 0.191 e. The summed E-state index contributed by atoms with van der Waals surface area (Å²) in [6, 6.07) is 0.608. The SMILES string of the molecule is CCCCN1CCCCC1CN=C(NCC)NC(C)CCS(C)(=O)=O.I. The summed E-state index contributed by atoms with van der Waals surface area (Å²) in [7, 11) is -2.92. The van der Waals surface area contributed by atoms with E-state index in [1.165, 1.54) is 51.4 Å². The standard InChI is InChI=1S/C18H38N4O2S.HI/c1-5-7-12-22-13-9-8-10-17(22)15-20-18(19-6-2)21-16(3)11-14-25(4,23)24;/h16-17H,5-15H2,1-4H3,(H2,19,20,21);1H. The summed E-state index contributed by atoms with van der Waals surface area (Å²) < 4.78 is 22.6. The number of halogens is 1. The van der Waals surface area contributed by atoms with Crippen molar-refractivity contribution in [2.45, 2.75) is 71.4 Å². The maximum atomic E-state index is 11.3. The molecule has 1 aliphatic heterocycles. The van der Waals surface area contributed by atoms with Crippen LogP contribution in [0, 0.1) is 0 Å². The van der Waals surface area contributed by atoms with Gasteiger partial charge in [0.25, 0.3) is 0 Å². The maximum Gasteiger partial charge on any atom is 0.191 e. The minimum atomic E-state index is -2.92. The van der Waals surface area contributed by atoms with Gasteiger partial charge in [-0.25, -0.2) is 8.42 Å². The summed E-state index contributed by atoms with van der Waals surface area (Å²) in [4.78, 5) is 7.37. The van der Waals surface area contributed by atoms with E-state index < -0.39 is 9.84 Å². The van der Waals surface area contributed by atoms with Crippen molar-refractivity contribution in [3.8, 4) is 0 Å². The van der Waals surface area contributed by atoms with Gasteiger partial charge in [-0.05, 0) is 52.6 Å². The molecule has 0 radical (unpaired) electrons. The molecule has 0 bridgehead atoms. The zero-order valence-electron chi connectivity index (χ0n) is 17.0. The van der Waals surface area contributed by atoms with Crippen LogP contribution in [0.3, 0.4) is 0 Å². The Hall–Kier alpha value is -0.0900. The van der Waals surface area contributed by atoms with Gasteiger partial charge in [0.15, 0.2) is 5.96 Å². The number of nitrogens with zero attached hydrogens (tertiary/aromatic N) is 2. The van der Waals surface area contributed by atoms with Gasteiger partial charge in [0, 0.05) is 24.9 Å². The number of sulfone groups is 1. The monoisotopic (exact) mass is 502 g/mol. The van der Waals surface area contributed by atoms with Gasteiger partial charge < -0.3 is 10.6 Å². The third-order valence-electron chi connectivity index (χ3n) is 4.66. The van der Waals surface area contributed by atoms with Crippen molar-refractivity contribution < 1.29 is 8.42 Å². The van der Waals surface area contributed by atoms with E-state index >= 15 is 0 Å². The van der Waals surface area contributed by atoms with Crippen LogP contribution in [0.25, 0.3) is 0 Å². The van der Waals surface area contributed by atoms with E-state index in [-0.39, 0.29) is 35.8 Å². The molecule has 8 heteroatoms. The average molecular weight is 503 g/mol. The maximum absolute atomic E-state index is 11.3. The normalized spacial score (nSPS) is 20.3. The van der Waals surface area contributed by atoms with Crippen molar-refractivity contribution in [1.82, 2.24) is 15.5 Å². The van der Waals surface area contributed by atoms with Crippen LogP contribution >= 0.6 is 24.0 Å². The molecule has 1 saturated heterocycles. The Morgan fingerprint density at radius 1 is 1.31 bits per heavy atom. The lowest BCUT2D eigenvalue weighted by molar-refractivity contribution is 0.151. The Morgan fingerprint density at radius 3 is 2.65 bits per heavy atom. The van der Waals surface area contributed by atoms with Crippen molar-refractivity contribution >= 4 is 39.8 Å². The lowest BCUT2D eigenvalue weighted by Gasteiger charge is -2.35. The Balaban J connectivity index is 0.00000625. The number of hydrogen-bond donors (Lipinski definition) is 2. The third kappa shape index (κ3) is 11.6. The highest BCUT2D eigenvalue weighted by Gasteiger charge is 2.21. The van der Waals surface area contributed by atoms with Crippen molar-refractivity contribution in [3.63, 3.8) is 0 Å². The van der Waals surface area contributed by atoms with Gasteiger partial charge in [-0.2, -0.15) is 0 Å². The van der Waals surface area contributed by atoms with E-state index in [4.69, 9.17) is 4.99 Å². The summed E-state index contributed by atoms with van der Waals surface area (Å²) in [6.07, 6.45) is 8.16. The summed E-state index contributed by atoms with van der Waals surface area (Å²) in [5, 5.41) is 6.62. The molecule has 1 fully saturated rings. The molecule has 0 aliphatic carbocycles. The molecule has 1 heterocycles. The Kier molecular flexibility index (Phi) is 13.9. The van der Waals surface area contributed by atoms with Gasteiger partial charge >= 0.3 is 0 Å². The molecule has 2 N–H and O–H groups in total. The van der Waals surface area contributed by atoms with E-state index in [1.807, 2.05) is 13.8 Å². The number of rotatable bonds is 10. The quantitative estimate of drug-likeness (QED) is 0.273. The van der Waals surface area contributed by atoms with Gasteiger partial charge in [0.2, 0.25) is 0 Å². The molecule has 156 valence electrons. The average Bonchev–Trinajstić information content (AvgIpc) is 2.56. The van der Waals surface area contributed by atoms with Crippen LogP contribution in [0.1, 0.15) is 59.3 Å². The molecule has 0 aromatic heterocycles. The molecule has 1 rings (SSSR count). The largest absolute Gasteiger partial charge is 0.357 e. The number of aliphatic imine (C=N–C) groups is 1. The van der Waals surface area contributed by atoms with Gasteiger partial charge in [0.1, 0.15) is 9.84 Å². The molecule has 2 unspecified atom stereocenters. The highest BCUT2D eigenvalue weighted by molar-refractivity contribution is 14.0. The molecule has 0 aromatic carbocycles. The predicted molar refractivity (Wildman–Crippen MR) is 122 cm³/mol. The molecule has 0 saturated carbocycles. The molecular formula is C18H39IN4O2S. The highest BCUT2D eigenvalue weighted by Crippen LogP contribution is 2.17. The zero-order chi connectivity index (χ0) is 18.7. The fourth-order valence-corrected chi connectivity index (χ4v) is 3.92. The summed E-state index contributed by atoms with van der Waals surface area (Å²) in [6.45, 7) is 10.3. The van der Waals surface area contributed by atoms with Crippen LogP contribution in [0.15, 0.2) is 4.99 Å². The number of unbranched alkanes of at least 4 members (excludes halogenated alkanes) is 1. The third-order valence-corrected chi connectivity index (χ3v) is 5.63. The minimum Gasteiger partial charge on any atom is -0.357 e. The first kappa shape index (κ1) is 25.9. The Morgan fingerprint density at radius 2 is 2.04 bits per heavy atom. The second-order valence-electron chi connectivity index (χ2n) is 7.22. The number of hydrogen-bond acceptors (Lipinski definition) is 4. The molecule has 6 nitrogen and oxygen atoms in total. The molecular weight excluding hydrogens is 463 g/mol.